The van der Waals surface area contributed by atoms with Crippen LogP contribution < -0.4 is 0 Å². The molecule has 0 bridgehead atoms. The Kier molecular flexibility index (Phi) is 5.44. The van der Waals surface area contributed by atoms with Gasteiger partial charge in [-0.25, -0.2) is 0 Å². The first-order valence-corrected chi connectivity index (χ1v) is 13.9. The van der Waals surface area contributed by atoms with Gasteiger partial charge in [0.05, 0.1) is 5.69 Å². The van der Waals surface area contributed by atoms with Crippen LogP contribution in [-0.4, -0.2) is 4.98 Å². The highest BCUT2D eigenvalue weighted by Gasteiger charge is 2.48. The Balaban J connectivity index is 1.71. The molecular formula is C36H39NO. The SMILES string of the molecule is Cc1ccnc(-c2c(C)ccc3c2oc2c4c(ccc23)C(CC(C)(C)C)(CC(C)(C)C)c2ccccc2-4)c1. The molecule has 3 aromatic carbocycles. The van der Waals surface area contributed by atoms with Crippen LogP contribution in [0.2, 0.25) is 0 Å². The van der Waals surface area contributed by atoms with Gasteiger partial charge in [-0.15, -0.1) is 0 Å². The van der Waals surface area contributed by atoms with Crippen molar-refractivity contribution in [3.63, 3.8) is 0 Å². The van der Waals surface area contributed by atoms with E-state index in [1.807, 2.05) is 12.3 Å². The second-order valence-corrected chi connectivity index (χ2v) is 13.9. The molecule has 0 atom stereocenters. The first kappa shape index (κ1) is 24.9. The Bertz CT molecular complexity index is 1690. The van der Waals surface area contributed by atoms with E-state index in [0.29, 0.717) is 0 Å². The van der Waals surface area contributed by atoms with Gasteiger partial charge in [0, 0.05) is 33.5 Å². The number of hydrogen-bond donors (Lipinski definition) is 0. The van der Waals surface area contributed by atoms with E-state index in [1.165, 1.54) is 38.8 Å². The van der Waals surface area contributed by atoms with Crippen LogP contribution in [0.1, 0.15) is 76.6 Å². The second-order valence-electron chi connectivity index (χ2n) is 13.9. The van der Waals surface area contributed by atoms with Gasteiger partial charge in [0.15, 0.2) is 0 Å². The fourth-order valence-corrected chi connectivity index (χ4v) is 7.18. The van der Waals surface area contributed by atoms with Crippen LogP contribution >= 0.6 is 0 Å². The van der Waals surface area contributed by atoms with E-state index < -0.39 is 0 Å². The number of nitrogens with zero attached hydrogens (tertiary/aromatic N) is 1. The van der Waals surface area contributed by atoms with Crippen molar-refractivity contribution >= 4 is 21.9 Å². The molecule has 0 unspecified atom stereocenters. The molecule has 0 aliphatic heterocycles. The standard InChI is InChI=1S/C36H39NO/c1-22-17-18-37-29(19-22)30-23(2)13-14-24-25-15-16-28-31(33(25)38-32(24)30)26-11-9-10-12-27(26)36(28,20-34(3,4)5)21-35(6,7)8/h9-19H,20-21H2,1-8H3. The van der Waals surface area contributed by atoms with E-state index in [0.717, 1.165) is 40.7 Å². The minimum atomic E-state index is -0.0631. The van der Waals surface area contributed by atoms with Crippen LogP contribution in [0, 0.1) is 24.7 Å². The Morgan fingerprint density at radius 2 is 1.34 bits per heavy atom. The van der Waals surface area contributed by atoms with Crippen molar-refractivity contribution in [1.82, 2.24) is 4.98 Å². The molecule has 6 rings (SSSR count). The average molecular weight is 502 g/mol. The first-order valence-electron chi connectivity index (χ1n) is 13.9. The summed E-state index contributed by atoms with van der Waals surface area (Å²) in [7, 11) is 0. The van der Waals surface area contributed by atoms with E-state index in [2.05, 4.69) is 110 Å². The van der Waals surface area contributed by atoms with E-state index in [-0.39, 0.29) is 16.2 Å². The smallest absolute Gasteiger partial charge is 0.145 e. The first-order chi connectivity index (χ1) is 17.9. The van der Waals surface area contributed by atoms with Gasteiger partial charge in [-0.3, -0.25) is 4.98 Å². The summed E-state index contributed by atoms with van der Waals surface area (Å²) < 4.78 is 6.97. The van der Waals surface area contributed by atoms with Crippen LogP contribution in [0.3, 0.4) is 0 Å². The van der Waals surface area contributed by atoms with Crippen LogP contribution in [-0.2, 0) is 5.41 Å². The molecule has 2 nitrogen and oxygen atoms in total. The van der Waals surface area contributed by atoms with Crippen LogP contribution in [0.5, 0.6) is 0 Å². The maximum atomic E-state index is 6.97. The summed E-state index contributed by atoms with van der Waals surface area (Å²) >= 11 is 0. The van der Waals surface area contributed by atoms with Crippen molar-refractivity contribution in [3.05, 3.63) is 89.1 Å². The Hall–Kier alpha value is -3.39. The topological polar surface area (TPSA) is 26.0 Å². The van der Waals surface area contributed by atoms with Crippen LogP contribution in [0.4, 0.5) is 0 Å². The molecule has 0 saturated heterocycles. The predicted molar refractivity (Wildman–Crippen MR) is 161 cm³/mol. The van der Waals surface area contributed by atoms with E-state index in [4.69, 9.17) is 9.40 Å². The molecule has 0 fully saturated rings. The fraction of sp³-hybridized carbons (Fsp3) is 0.361. The zero-order chi connectivity index (χ0) is 27.0. The largest absolute Gasteiger partial charge is 0.455 e. The Morgan fingerprint density at radius 3 is 2.00 bits per heavy atom. The molecule has 194 valence electrons. The van der Waals surface area contributed by atoms with Crippen molar-refractivity contribution < 1.29 is 4.42 Å². The van der Waals surface area contributed by atoms with Crippen molar-refractivity contribution in [2.45, 2.75) is 73.6 Å². The van der Waals surface area contributed by atoms with Gasteiger partial charge in [0.25, 0.3) is 0 Å². The molecule has 2 heterocycles. The third kappa shape index (κ3) is 3.88. The number of aryl methyl sites for hydroxylation is 2. The zero-order valence-electron chi connectivity index (χ0n) is 24.1. The minimum Gasteiger partial charge on any atom is -0.455 e. The lowest BCUT2D eigenvalue weighted by Crippen LogP contribution is -2.35. The molecular weight excluding hydrogens is 462 g/mol. The van der Waals surface area contributed by atoms with E-state index in [9.17, 15) is 0 Å². The summed E-state index contributed by atoms with van der Waals surface area (Å²) in [5, 5.41) is 2.35. The van der Waals surface area contributed by atoms with Crippen LogP contribution in [0.25, 0.3) is 44.3 Å². The van der Waals surface area contributed by atoms with Gasteiger partial charge < -0.3 is 4.42 Å². The lowest BCUT2D eigenvalue weighted by molar-refractivity contribution is 0.214. The van der Waals surface area contributed by atoms with Crippen LogP contribution in [0.15, 0.2) is 71.3 Å². The maximum Gasteiger partial charge on any atom is 0.145 e. The molecule has 1 aliphatic rings. The number of hydrogen-bond acceptors (Lipinski definition) is 2. The number of furan rings is 1. The van der Waals surface area contributed by atoms with E-state index in [1.54, 1.807) is 0 Å². The van der Waals surface area contributed by atoms with Gasteiger partial charge in [-0.2, -0.15) is 0 Å². The molecule has 0 amide bonds. The molecule has 2 aromatic heterocycles. The number of fused-ring (bicyclic) bond motifs is 7. The van der Waals surface area contributed by atoms with Gasteiger partial charge in [-0.05, 0) is 77.5 Å². The third-order valence-corrected chi connectivity index (χ3v) is 8.08. The van der Waals surface area contributed by atoms with Gasteiger partial charge in [-0.1, -0.05) is 90.1 Å². The van der Waals surface area contributed by atoms with Crippen molar-refractivity contribution in [1.29, 1.82) is 0 Å². The van der Waals surface area contributed by atoms with Gasteiger partial charge >= 0.3 is 0 Å². The number of aromatic nitrogens is 1. The summed E-state index contributed by atoms with van der Waals surface area (Å²) in [5.41, 5.74) is 12.1. The number of pyridine rings is 1. The predicted octanol–water partition coefficient (Wildman–Crippen LogP) is 10.4. The highest BCUT2D eigenvalue weighted by Crippen LogP contribution is 2.60. The van der Waals surface area contributed by atoms with Crippen molar-refractivity contribution in [3.8, 4) is 22.4 Å². The summed E-state index contributed by atoms with van der Waals surface area (Å²) in [6.45, 7) is 18.5. The molecule has 38 heavy (non-hydrogen) atoms. The molecule has 2 heteroatoms. The lowest BCUT2D eigenvalue weighted by Gasteiger charge is -2.42. The molecule has 0 N–H and O–H groups in total. The lowest BCUT2D eigenvalue weighted by atomic mass is 9.62. The highest BCUT2D eigenvalue weighted by atomic mass is 16.3. The molecule has 0 radical (unpaired) electrons. The molecule has 1 aliphatic carbocycles. The quantitative estimate of drug-likeness (QED) is 0.246. The Labute approximate surface area is 227 Å². The summed E-state index contributed by atoms with van der Waals surface area (Å²) in [5.74, 6) is 0. The average Bonchev–Trinajstić information content (AvgIpc) is 3.31. The van der Waals surface area contributed by atoms with Gasteiger partial charge in [0.1, 0.15) is 11.2 Å². The number of rotatable bonds is 3. The van der Waals surface area contributed by atoms with Crippen molar-refractivity contribution in [2.24, 2.45) is 10.8 Å². The summed E-state index contributed by atoms with van der Waals surface area (Å²) in [6, 6.07) is 22.4. The summed E-state index contributed by atoms with van der Waals surface area (Å²) in [4.78, 5) is 4.74. The Morgan fingerprint density at radius 1 is 0.711 bits per heavy atom. The van der Waals surface area contributed by atoms with E-state index >= 15 is 0 Å². The molecule has 0 saturated carbocycles. The second kappa shape index (κ2) is 8.30. The third-order valence-electron chi connectivity index (χ3n) is 8.08. The summed E-state index contributed by atoms with van der Waals surface area (Å²) in [6.07, 6.45) is 4.07. The monoisotopic (exact) mass is 501 g/mol. The van der Waals surface area contributed by atoms with Crippen molar-refractivity contribution in [2.75, 3.05) is 0 Å². The van der Waals surface area contributed by atoms with Gasteiger partial charge in [0.2, 0.25) is 0 Å². The highest BCUT2D eigenvalue weighted by molar-refractivity contribution is 6.14. The molecule has 0 spiro atoms. The molecule has 5 aromatic rings. The number of benzene rings is 3. The normalized spacial score (nSPS) is 14.7. The minimum absolute atomic E-state index is 0.0631. The fourth-order valence-electron chi connectivity index (χ4n) is 7.18. The maximum absolute atomic E-state index is 6.97. The zero-order valence-corrected chi connectivity index (χ0v) is 24.1.